The Morgan fingerprint density at radius 2 is 2.03 bits per heavy atom. The number of anilines is 1. The van der Waals surface area contributed by atoms with Crippen molar-refractivity contribution in [1.82, 2.24) is 10.2 Å². The Morgan fingerprint density at radius 3 is 2.68 bits per heavy atom. The van der Waals surface area contributed by atoms with Crippen LogP contribution in [0.2, 0.25) is 0 Å². The van der Waals surface area contributed by atoms with E-state index in [0.717, 1.165) is 3.57 Å². The Balaban J connectivity index is 1.56. The summed E-state index contributed by atoms with van der Waals surface area (Å²) in [7, 11) is 1.55. The Labute approximate surface area is 192 Å². The fourth-order valence-electron chi connectivity index (χ4n) is 5.12. The molecule has 1 aromatic rings. The van der Waals surface area contributed by atoms with Crippen LogP contribution < -0.4 is 16.4 Å². The van der Waals surface area contributed by atoms with Crippen LogP contribution in [0.3, 0.4) is 0 Å². The zero-order chi connectivity index (χ0) is 22.1. The van der Waals surface area contributed by atoms with E-state index in [1.165, 1.54) is 0 Å². The van der Waals surface area contributed by atoms with Gasteiger partial charge in [0.25, 0.3) is 0 Å². The number of halogens is 1. The van der Waals surface area contributed by atoms with Crippen LogP contribution in [-0.2, 0) is 19.1 Å². The summed E-state index contributed by atoms with van der Waals surface area (Å²) < 4.78 is 12.1. The molecule has 0 bridgehead atoms. The summed E-state index contributed by atoms with van der Waals surface area (Å²) in [5.74, 6) is -1.18. The highest BCUT2D eigenvalue weighted by Crippen LogP contribution is 2.55. The van der Waals surface area contributed by atoms with Gasteiger partial charge in [0.05, 0.1) is 23.4 Å². The Kier molecular flexibility index (Phi) is 4.65. The van der Waals surface area contributed by atoms with E-state index in [0.29, 0.717) is 29.1 Å². The number of carbonyl (C=O) groups is 3. The predicted molar refractivity (Wildman–Crippen MR) is 119 cm³/mol. The third-order valence-electron chi connectivity index (χ3n) is 6.54. The molecule has 2 saturated heterocycles. The van der Waals surface area contributed by atoms with Crippen molar-refractivity contribution in [3.8, 4) is 0 Å². The number of nitrogens with two attached hydrogens (primary N) is 1. The number of methoxy groups -OCH3 is 1. The van der Waals surface area contributed by atoms with Crippen molar-refractivity contribution >= 4 is 45.9 Å². The number of carbonyl (C=O) groups excluding carboxylic acids is 3. The van der Waals surface area contributed by atoms with Crippen LogP contribution >= 0.6 is 22.6 Å². The number of allylic oxidation sites excluding steroid dienone is 2. The molecule has 0 radical (unpaired) electrons. The lowest BCUT2D eigenvalue weighted by molar-refractivity contribution is -0.137. The lowest BCUT2D eigenvalue weighted by Gasteiger charge is -2.39. The van der Waals surface area contributed by atoms with E-state index in [4.69, 9.17) is 15.2 Å². The maximum atomic E-state index is 13.7. The van der Waals surface area contributed by atoms with Gasteiger partial charge in [0.15, 0.2) is 5.72 Å². The number of benzene rings is 1. The van der Waals surface area contributed by atoms with Crippen LogP contribution in [0.25, 0.3) is 0 Å². The van der Waals surface area contributed by atoms with E-state index in [9.17, 15) is 14.4 Å². The first-order valence-electron chi connectivity index (χ1n) is 9.87. The van der Waals surface area contributed by atoms with Crippen LogP contribution in [0.1, 0.15) is 6.92 Å². The maximum absolute atomic E-state index is 13.7. The first kappa shape index (κ1) is 20.5. The van der Waals surface area contributed by atoms with E-state index >= 15 is 0 Å². The topological polar surface area (TPSA) is 133 Å². The zero-order valence-electron chi connectivity index (χ0n) is 16.9. The quantitative estimate of drug-likeness (QED) is 0.290. The average Bonchev–Trinajstić information content (AvgIpc) is 3.35. The zero-order valence-corrected chi connectivity index (χ0v) is 19.1. The van der Waals surface area contributed by atoms with Gasteiger partial charge in [-0.1, -0.05) is 0 Å². The van der Waals surface area contributed by atoms with Gasteiger partial charge in [-0.2, -0.15) is 0 Å². The van der Waals surface area contributed by atoms with Gasteiger partial charge in [-0.25, -0.2) is 4.79 Å². The van der Waals surface area contributed by atoms with Gasteiger partial charge in [0.1, 0.15) is 6.61 Å². The number of amides is 1. The van der Waals surface area contributed by atoms with E-state index in [1.54, 1.807) is 14.0 Å². The molecular formula is C21H21IN4O5. The smallest absolute Gasteiger partial charge is 0.404 e. The van der Waals surface area contributed by atoms with Gasteiger partial charge >= 0.3 is 6.09 Å². The van der Waals surface area contributed by atoms with Crippen molar-refractivity contribution in [1.29, 1.82) is 0 Å². The number of hydrogen-bond acceptors (Lipinski definition) is 8. The van der Waals surface area contributed by atoms with Crippen molar-refractivity contribution in [3.63, 3.8) is 0 Å². The highest BCUT2D eigenvalue weighted by atomic mass is 127. The summed E-state index contributed by atoms with van der Waals surface area (Å²) in [6, 6.07) is 7.60. The molecule has 162 valence electrons. The van der Waals surface area contributed by atoms with Crippen molar-refractivity contribution in [3.05, 3.63) is 50.4 Å². The van der Waals surface area contributed by atoms with Gasteiger partial charge in [-0.3, -0.25) is 9.59 Å². The minimum absolute atomic E-state index is 0.0712. The Morgan fingerprint density at radius 1 is 1.32 bits per heavy atom. The SMILES string of the molecule is CO[C@@]12[C@H](COC(N)=O)C3=C(C(=O)C(C)=C(Nc4ccc(I)cc4)C3=O)N1C[C@@H]1N[C@@H]12. The molecule has 1 aliphatic carbocycles. The molecule has 31 heavy (non-hydrogen) atoms. The van der Waals surface area contributed by atoms with Crippen LogP contribution in [0.4, 0.5) is 10.5 Å². The lowest BCUT2D eigenvalue weighted by atomic mass is 9.82. The fraction of sp³-hybridized carbons (Fsp3) is 0.381. The van der Waals surface area contributed by atoms with Crippen LogP contribution in [0.5, 0.6) is 0 Å². The van der Waals surface area contributed by atoms with Gasteiger partial charge in [0.2, 0.25) is 11.6 Å². The second kappa shape index (κ2) is 7.04. The summed E-state index contributed by atoms with van der Waals surface area (Å²) in [5, 5.41) is 6.46. The third kappa shape index (κ3) is 2.84. The number of ketones is 2. The molecular weight excluding hydrogens is 515 g/mol. The molecule has 0 saturated carbocycles. The predicted octanol–water partition coefficient (Wildman–Crippen LogP) is 1.11. The number of ether oxygens (including phenoxy) is 2. The summed E-state index contributed by atoms with van der Waals surface area (Å²) in [4.78, 5) is 40.4. The lowest BCUT2D eigenvalue weighted by Crippen LogP contribution is -2.55. The molecule has 0 aromatic heterocycles. The number of fused-ring (bicyclic) bond motifs is 4. The molecule has 3 aliphatic heterocycles. The summed E-state index contributed by atoms with van der Waals surface area (Å²) >= 11 is 2.20. The normalized spacial score (nSPS) is 30.9. The first-order chi connectivity index (χ1) is 14.8. The van der Waals surface area contributed by atoms with Gasteiger partial charge in [0, 0.05) is 40.1 Å². The van der Waals surface area contributed by atoms with Gasteiger partial charge in [-0.15, -0.1) is 0 Å². The van der Waals surface area contributed by atoms with Crippen LogP contribution in [0, 0.1) is 9.49 Å². The monoisotopic (exact) mass is 536 g/mol. The largest absolute Gasteiger partial charge is 0.449 e. The first-order valence-corrected chi connectivity index (χ1v) is 11.0. The Bertz CT molecular complexity index is 1080. The average molecular weight is 536 g/mol. The second-order valence-corrected chi connectivity index (χ2v) is 9.30. The molecule has 2 fully saturated rings. The number of hydrogen-bond donors (Lipinski definition) is 3. The molecule has 1 amide bonds. The van der Waals surface area contributed by atoms with Crippen LogP contribution in [-0.4, -0.2) is 60.6 Å². The minimum Gasteiger partial charge on any atom is -0.449 e. The highest BCUT2D eigenvalue weighted by Gasteiger charge is 2.72. The third-order valence-corrected chi connectivity index (χ3v) is 7.26. The van der Waals surface area contributed by atoms with E-state index in [2.05, 4.69) is 33.2 Å². The van der Waals surface area contributed by atoms with E-state index < -0.39 is 17.7 Å². The summed E-state index contributed by atoms with van der Waals surface area (Å²) in [6.07, 6.45) is -0.941. The van der Waals surface area contributed by atoms with Crippen molar-refractivity contribution in [2.75, 3.05) is 25.6 Å². The molecule has 0 spiro atoms. The minimum atomic E-state index is -0.977. The van der Waals surface area contributed by atoms with E-state index in [1.807, 2.05) is 29.2 Å². The van der Waals surface area contributed by atoms with Crippen molar-refractivity contribution in [2.45, 2.75) is 24.7 Å². The second-order valence-electron chi connectivity index (χ2n) is 8.05. The number of primary amides is 1. The number of Topliss-reactive ketones (excluding diaryl/α,β-unsaturated/α-hetero) is 2. The molecule has 4 N–H and O–H groups in total. The molecule has 5 rings (SSSR count). The number of nitrogens with one attached hydrogen (secondary N) is 2. The fourth-order valence-corrected chi connectivity index (χ4v) is 5.48. The highest BCUT2D eigenvalue weighted by molar-refractivity contribution is 14.1. The van der Waals surface area contributed by atoms with Crippen molar-refractivity contribution < 1.29 is 23.9 Å². The molecule has 3 heterocycles. The van der Waals surface area contributed by atoms with Crippen LogP contribution in [0.15, 0.2) is 46.8 Å². The van der Waals surface area contributed by atoms with Crippen molar-refractivity contribution in [2.24, 2.45) is 11.7 Å². The molecule has 4 aliphatic rings. The van der Waals surface area contributed by atoms with E-state index in [-0.39, 0.29) is 36.0 Å². The molecule has 9 nitrogen and oxygen atoms in total. The molecule has 0 unspecified atom stereocenters. The number of piperazine rings is 1. The molecule has 10 heteroatoms. The maximum Gasteiger partial charge on any atom is 0.404 e. The summed E-state index contributed by atoms with van der Waals surface area (Å²) in [6.45, 7) is 2.03. The van der Waals surface area contributed by atoms with Gasteiger partial charge in [-0.05, 0) is 53.8 Å². The Hall–Kier alpha value is -2.44. The standard InChI is InChI=1S/C21H21IN4O5/c1-9-15(24-11-5-3-10(22)4-6-11)18(28)14-12(8-31-20(23)29)21(30-2)19-13(25-19)7-26(21)16(14)17(9)27/h3-6,12-13,19,24-25H,7-8H2,1-2H3,(H2,23,29)/t12-,13+,19+,21-/m1/s1. The summed E-state index contributed by atoms with van der Waals surface area (Å²) in [5.41, 5.74) is 6.15. The molecule has 4 atom stereocenters. The molecule has 1 aromatic carbocycles. The van der Waals surface area contributed by atoms with Gasteiger partial charge < -0.3 is 30.7 Å². The number of nitrogens with zero attached hydrogens (tertiary/aromatic N) is 1. The number of rotatable bonds is 5.